The standard InChI is InChI=1S/C55H93ClN12O16/c1-12-33(56)21-18-16-14-15-17-20-28(5)41-45(73)53(81)62-40(27(3)4)50(78)60-34(13-2)47(75)64-43(31(8)70)52(80)65-42(30(7)69)51(79)61-35(23-24-38(57)71)48(76)59-29(6)46(74)66-44(32(9)84-11)55(83)67(10)37(26-39(58)72)54(82)68-25-19-22-36(68)49(77)63-41/h13,27-33,35-37,40-45,69-70,73H,12,14-26H2,1-11H3,(H2,57,71)(H2,58,72)(H,59,76)(H,60,78)(H,61,79)(H,62,81)(H,63,77)(H,64,75)(H,65,80)(H,66,74)/b34-13+/t28-,29+,30+,31+,32+,33?,35-,36-,37-,40-,41+,42-,43-,44-,45+/m0/s1. The number of carbonyl (C=O) groups excluding carboxylic acids is 12. The average molecular weight is 1210 g/mol. The molecule has 476 valence electrons. The molecule has 15 atom stereocenters. The van der Waals surface area contributed by atoms with Gasteiger partial charge >= 0.3 is 0 Å². The zero-order chi connectivity index (χ0) is 63.9. The number of alkyl halides is 1. The van der Waals surface area contributed by atoms with Gasteiger partial charge in [0, 0.05) is 32.5 Å². The first-order valence-electron chi connectivity index (χ1n) is 28.8. The Balaban J connectivity index is 2.82. The molecule has 28 nitrogen and oxygen atoms in total. The number of carbonyl (C=O) groups is 12. The Kier molecular flexibility index (Phi) is 31.3. The van der Waals surface area contributed by atoms with Gasteiger partial charge in [-0.05, 0) is 85.0 Å². The summed E-state index contributed by atoms with van der Waals surface area (Å²) in [7, 11) is 2.38. The molecule has 2 aliphatic heterocycles. The smallest absolute Gasteiger partial charge is 0.268 e. The molecule has 0 aliphatic carbocycles. The van der Waals surface area contributed by atoms with E-state index in [-0.39, 0.29) is 24.8 Å². The minimum absolute atomic E-state index is 0.0451. The molecular formula is C55H93ClN12O16. The number of halogens is 1. The first-order chi connectivity index (χ1) is 39.3. The lowest BCUT2D eigenvalue weighted by Crippen LogP contribution is -2.63. The Hall–Kier alpha value is -6.49. The Bertz CT molecular complexity index is 2340. The molecule has 0 radical (unpaired) electrons. The number of methoxy groups -OCH3 is 1. The molecule has 12 amide bonds. The number of ether oxygens (including phenoxy) is 1. The molecule has 0 bridgehead atoms. The Morgan fingerprint density at radius 1 is 0.702 bits per heavy atom. The van der Waals surface area contributed by atoms with E-state index in [0.29, 0.717) is 12.8 Å². The molecule has 2 aliphatic rings. The minimum Gasteiger partial charge on any atom is -0.391 e. The predicted molar refractivity (Wildman–Crippen MR) is 307 cm³/mol. The topological polar surface area (TPSA) is 430 Å². The average Bonchev–Trinajstić information content (AvgIpc) is 3.87. The van der Waals surface area contributed by atoms with Crippen LogP contribution in [-0.4, -0.2) is 201 Å². The lowest BCUT2D eigenvalue weighted by atomic mass is 9.90. The molecule has 0 aromatic rings. The van der Waals surface area contributed by atoms with E-state index in [9.17, 15) is 72.9 Å². The molecule has 2 fully saturated rings. The fourth-order valence-electron chi connectivity index (χ4n) is 9.66. The highest BCUT2D eigenvalue weighted by atomic mass is 35.5. The van der Waals surface area contributed by atoms with Crippen LogP contribution < -0.4 is 54.0 Å². The number of nitrogens with zero attached hydrogens (tertiary/aromatic N) is 2. The van der Waals surface area contributed by atoms with Gasteiger partial charge in [-0.25, -0.2) is 0 Å². The number of amides is 12. The number of aliphatic hydroxyl groups is 3. The van der Waals surface area contributed by atoms with Crippen LogP contribution in [0.2, 0.25) is 0 Å². The maximum absolute atomic E-state index is 14.7. The van der Waals surface area contributed by atoms with Crippen LogP contribution in [0.1, 0.15) is 146 Å². The Morgan fingerprint density at radius 3 is 1.81 bits per heavy atom. The number of nitrogens with one attached hydrogen (secondary N) is 8. The van der Waals surface area contributed by atoms with Crippen LogP contribution in [0.3, 0.4) is 0 Å². The van der Waals surface area contributed by atoms with Gasteiger partial charge in [0.15, 0.2) is 6.10 Å². The Labute approximate surface area is 496 Å². The highest BCUT2D eigenvalue weighted by Gasteiger charge is 2.45. The molecule has 84 heavy (non-hydrogen) atoms. The van der Waals surface area contributed by atoms with Crippen molar-refractivity contribution in [3.63, 3.8) is 0 Å². The summed E-state index contributed by atoms with van der Waals surface area (Å²) >= 11 is 6.30. The summed E-state index contributed by atoms with van der Waals surface area (Å²) in [5.41, 5.74) is 10.5. The van der Waals surface area contributed by atoms with Gasteiger partial charge in [0.2, 0.25) is 59.1 Å². The van der Waals surface area contributed by atoms with Crippen LogP contribution in [0, 0.1) is 11.8 Å². The van der Waals surface area contributed by atoms with Crippen LogP contribution in [0.15, 0.2) is 11.8 Å². The van der Waals surface area contributed by atoms with Gasteiger partial charge in [0.1, 0.15) is 54.0 Å². The third kappa shape index (κ3) is 22.5. The predicted octanol–water partition coefficient (Wildman–Crippen LogP) is -2.41. The van der Waals surface area contributed by atoms with E-state index in [2.05, 4.69) is 42.5 Å². The van der Waals surface area contributed by atoms with Gasteiger partial charge in [0.05, 0.1) is 30.8 Å². The quantitative estimate of drug-likeness (QED) is 0.0343. The first kappa shape index (κ1) is 73.6. The third-order valence-corrected chi connectivity index (χ3v) is 15.6. The van der Waals surface area contributed by atoms with E-state index >= 15 is 0 Å². The maximum Gasteiger partial charge on any atom is 0.268 e. The number of fused-ring (bicyclic) bond motifs is 1. The lowest BCUT2D eigenvalue weighted by molar-refractivity contribution is -0.151. The number of likely N-dealkylation sites (N-methyl/N-ethyl adjacent to an activating group) is 1. The fraction of sp³-hybridized carbons (Fsp3) is 0.745. The van der Waals surface area contributed by atoms with Crippen LogP contribution in [0.25, 0.3) is 0 Å². The number of nitrogens with two attached hydrogens (primary N) is 2. The highest BCUT2D eigenvalue weighted by molar-refractivity contribution is 6.20. The monoisotopic (exact) mass is 1210 g/mol. The molecular weight excluding hydrogens is 1120 g/mol. The zero-order valence-corrected chi connectivity index (χ0v) is 51.0. The normalized spacial score (nSPS) is 28.0. The second kappa shape index (κ2) is 35.7. The summed E-state index contributed by atoms with van der Waals surface area (Å²) in [6.45, 7) is 13.0. The molecule has 2 saturated heterocycles. The number of primary amides is 2. The first-order valence-corrected chi connectivity index (χ1v) is 29.2. The largest absolute Gasteiger partial charge is 0.391 e. The zero-order valence-electron chi connectivity index (χ0n) is 50.3. The molecule has 0 aromatic carbocycles. The van der Waals surface area contributed by atoms with Crippen molar-refractivity contribution in [2.45, 2.75) is 230 Å². The van der Waals surface area contributed by atoms with Gasteiger partial charge < -0.3 is 83.9 Å². The van der Waals surface area contributed by atoms with Crippen molar-refractivity contribution >= 4 is 82.5 Å². The van der Waals surface area contributed by atoms with E-state index in [4.69, 9.17) is 27.8 Å². The minimum atomic E-state index is -2.02. The summed E-state index contributed by atoms with van der Waals surface area (Å²) in [4.78, 5) is 168. The van der Waals surface area contributed by atoms with Gasteiger partial charge in [-0.15, -0.1) is 11.6 Å². The molecule has 0 saturated carbocycles. The van der Waals surface area contributed by atoms with Crippen molar-refractivity contribution in [1.82, 2.24) is 52.3 Å². The second-order valence-electron chi connectivity index (χ2n) is 22.2. The number of hydrogen-bond donors (Lipinski definition) is 13. The molecule has 15 N–H and O–H groups in total. The van der Waals surface area contributed by atoms with Crippen LogP contribution >= 0.6 is 11.6 Å². The van der Waals surface area contributed by atoms with Crippen molar-refractivity contribution in [3.8, 4) is 0 Å². The SMILES string of the molecule is C/C=C1/NC(=O)[C@H](C(C)C)NC(=O)[C@H](O)[C@@H]([C@@H](C)CCCCCCCC(Cl)CC)NC(=O)[C@@H]2CCCN2C(=O)[C@H](CC(N)=O)N(C)C(=O)[C@H]([C@@H](C)OC)NC(=O)[C@@H](C)NC(=O)[C@H](CCC(N)=O)NC(=O)[C@H]([C@@H](C)O)NC(=O)[C@H]([C@@H](C)O)NC1=O. The second-order valence-corrected chi connectivity index (χ2v) is 22.8. The highest BCUT2D eigenvalue weighted by Crippen LogP contribution is 2.25. The summed E-state index contributed by atoms with van der Waals surface area (Å²) in [6, 6.07) is -14.4. The van der Waals surface area contributed by atoms with Crippen molar-refractivity contribution in [2.24, 2.45) is 23.3 Å². The molecule has 1 unspecified atom stereocenters. The molecule has 2 rings (SSSR count). The number of hydrogen-bond acceptors (Lipinski definition) is 16. The van der Waals surface area contributed by atoms with Gasteiger partial charge in [-0.1, -0.05) is 65.9 Å². The summed E-state index contributed by atoms with van der Waals surface area (Å²) < 4.78 is 5.43. The van der Waals surface area contributed by atoms with E-state index in [1.54, 1.807) is 20.8 Å². The van der Waals surface area contributed by atoms with Crippen LogP contribution in [-0.2, 0) is 62.3 Å². The summed E-state index contributed by atoms with van der Waals surface area (Å²) in [6.07, 6.45) is -0.653. The van der Waals surface area contributed by atoms with Gasteiger partial charge in [-0.2, -0.15) is 0 Å². The third-order valence-electron chi connectivity index (χ3n) is 15.1. The summed E-state index contributed by atoms with van der Waals surface area (Å²) in [5.74, 6) is -13.7. The van der Waals surface area contributed by atoms with Crippen LogP contribution in [0.5, 0.6) is 0 Å². The fourth-order valence-corrected chi connectivity index (χ4v) is 9.81. The number of allylic oxidation sites excluding steroid dienone is 1. The van der Waals surface area contributed by atoms with Crippen molar-refractivity contribution in [1.29, 1.82) is 0 Å². The molecule has 29 heteroatoms. The maximum atomic E-state index is 14.7. The van der Waals surface area contributed by atoms with Gasteiger partial charge in [0.25, 0.3) is 11.8 Å². The van der Waals surface area contributed by atoms with Crippen molar-refractivity contribution < 1.29 is 77.6 Å². The lowest BCUT2D eigenvalue weighted by Gasteiger charge is -2.36. The van der Waals surface area contributed by atoms with E-state index in [0.717, 1.165) is 68.2 Å². The van der Waals surface area contributed by atoms with E-state index in [1.165, 1.54) is 34.9 Å². The molecule has 0 aromatic heterocycles. The summed E-state index contributed by atoms with van der Waals surface area (Å²) in [5, 5.41) is 52.9. The molecule has 0 spiro atoms. The number of aliphatic hydroxyl groups excluding tert-OH is 3. The Morgan fingerprint density at radius 2 is 1.26 bits per heavy atom. The van der Waals surface area contributed by atoms with Crippen molar-refractivity contribution in [2.75, 3.05) is 20.7 Å². The van der Waals surface area contributed by atoms with E-state index in [1.807, 2.05) is 6.92 Å². The number of unbranched alkanes of at least 4 members (excludes halogenated alkanes) is 4. The van der Waals surface area contributed by atoms with Gasteiger partial charge in [-0.3, -0.25) is 57.5 Å². The number of rotatable bonds is 20. The van der Waals surface area contributed by atoms with Crippen LogP contribution in [0.4, 0.5) is 0 Å². The van der Waals surface area contributed by atoms with E-state index < -0.39 is 186 Å². The van der Waals surface area contributed by atoms with Crippen molar-refractivity contribution in [3.05, 3.63) is 11.8 Å². The molecule has 2 heterocycles.